The van der Waals surface area contributed by atoms with Crippen LogP contribution in [0.4, 0.5) is 11.4 Å². The van der Waals surface area contributed by atoms with Gasteiger partial charge in [-0.2, -0.15) is 0 Å². The highest BCUT2D eigenvalue weighted by atomic mass is 35.5. The molecule has 1 aliphatic rings. The van der Waals surface area contributed by atoms with Crippen LogP contribution in [0.5, 0.6) is 0 Å². The molecular formula is C19H16ClN3O2S. The zero-order valence-corrected chi connectivity index (χ0v) is 15.6. The molecular weight excluding hydrogens is 370 g/mol. The van der Waals surface area contributed by atoms with Crippen LogP contribution in [0, 0.1) is 5.92 Å². The number of halogens is 1. The number of carbonyl (C=O) groups is 2. The van der Waals surface area contributed by atoms with Gasteiger partial charge in [0.15, 0.2) is 11.0 Å². The molecule has 1 atom stereocenters. The average Bonchev–Trinajstić information content (AvgIpc) is 2.63. The Morgan fingerprint density at radius 2 is 1.81 bits per heavy atom. The van der Waals surface area contributed by atoms with Gasteiger partial charge in [0.1, 0.15) is 0 Å². The van der Waals surface area contributed by atoms with Crippen LogP contribution >= 0.6 is 23.8 Å². The first-order chi connectivity index (χ1) is 12.5. The lowest BCUT2D eigenvalue weighted by Crippen LogP contribution is -2.58. The summed E-state index contributed by atoms with van der Waals surface area (Å²) in [6.45, 7) is 2.05. The third-order valence-electron chi connectivity index (χ3n) is 4.00. The molecule has 2 aromatic carbocycles. The number of hydrogen-bond acceptors (Lipinski definition) is 4. The van der Waals surface area contributed by atoms with E-state index in [0.717, 1.165) is 12.0 Å². The molecule has 3 rings (SSSR count). The van der Waals surface area contributed by atoms with Gasteiger partial charge in [-0.25, -0.2) is 0 Å². The second kappa shape index (κ2) is 7.76. The maximum absolute atomic E-state index is 12.8. The van der Waals surface area contributed by atoms with E-state index in [1.165, 1.54) is 11.1 Å². The molecule has 0 bridgehead atoms. The van der Waals surface area contributed by atoms with Crippen molar-refractivity contribution in [2.24, 2.45) is 10.9 Å². The summed E-state index contributed by atoms with van der Waals surface area (Å²) in [7, 11) is 0. The summed E-state index contributed by atoms with van der Waals surface area (Å²) in [5.41, 5.74) is 2.36. The second-order valence-electron chi connectivity index (χ2n) is 5.72. The molecule has 1 N–H and O–H groups in total. The molecule has 2 aromatic rings. The molecule has 0 radical (unpaired) electrons. The molecule has 0 aromatic heterocycles. The van der Waals surface area contributed by atoms with E-state index in [4.69, 9.17) is 23.8 Å². The van der Waals surface area contributed by atoms with Crippen LogP contribution in [-0.2, 0) is 16.0 Å². The Labute approximate surface area is 161 Å². The highest BCUT2D eigenvalue weighted by molar-refractivity contribution is 7.80. The lowest BCUT2D eigenvalue weighted by Gasteiger charge is -2.31. The molecule has 1 aliphatic heterocycles. The summed E-state index contributed by atoms with van der Waals surface area (Å²) in [4.78, 5) is 30.6. The Hall–Kier alpha value is -2.57. The zero-order chi connectivity index (χ0) is 18.7. The Morgan fingerprint density at radius 3 is 2.42 bits per heavy atom. The minimum absolute atomic E-state index is 0.0698. The highest BCUT2D eigenvalue weighted by Gasteiger charge is 2.38. The fourth-order valence-electron chi connectivity index (χ4n) is 2.53. The number of benzene rings is 2. The first kappa shape index (κ1) is 18.2. The molecule has 1 unspecified atom stereocenters. The van der Waals surface area contributed by atoms with Crippen LogP contribution in [0.1, 0.15) is 12.5 Å². The van der Waals surface area contributed by atoms with Crippen molar-refractivity contribution in [3.8, 4) is 0 Å². The second-order valence-corrected chi connectivity index (χ2v) is 6.54. The minimum Gasteiger partial charge on any atom is -0.301 e. The topological polar surface area (TPSA) is 61.8 Å². The fraction of sp³-hybridized carbons (Fsp3) is 0.158. The zero-order valence-electron chi connectivity index (χ0n) is 14.0. The smallest absolute Gasteiger partial charge is 0.251 e. The molecule has 5 nitrogen and oxygen atoms in total. The standard InChI is InChI=1S/C19H16ClN3O2S/c1-2-12-3-9-15(10-4-12)23-18(25)16(17(24)22-19(23)26)11-21-14-7-5-13(20)6-8-14/h3-11,16H,2H2,1H3,(H,22,24,26). The molecule has 0 saturated carbocycles. The number of thiocarbonyl (C=S) groups is 1. The SMILES string of the molecule is CCc1ccc(N2C(=O)C(C=Nc3ccc(Cl)cc3)C(=O)NC2=S)cc1. The molecule has 1 saturated heterocycles. The lowest BCUT2D eigenvalue weighted by atomic mass is 10.1. The van der Waals surface area contributed by atoms with Gasteiger partial charge < -0.3 is 5.32 Å². The quantitative estimate of drug-likeness (QED) is 0.496. The van der Waals surface area contributed by atoms with E-state index in [1.807, 2.05) is 24.3 Å². The van der Waals surface area contributed by atoms with E-state index < -0.39 is 17.7 Å². The molecule has 7 heteroatoms. The summed E-state index contributed by atoms with van der Waals surface area (Å²) in [5.74, 6) is -1.97. The van der Waals surface area contributed by atoms with E-state index in [2.05, 4.69) is 17.2 Å². The van der Waals surface area contributed by atoms with Gasteiger partial charge in [0.2, 0.25) is 5.91 Å². The third kappa shape index (κ3) is 3.81. The van der Waals surface area contributed by atoms with Crippen molar-refractivity contribution in [1.29, 1.82) is 0 Å². The first-order valence-electron chi connectivity index (χ1n) is 8.07. The number of hydrogen-bond donors (Lipinski definition) is 1. The van der Waals surface area contributed by atoms with Gasteiger partial charge in [-0.15, -0.1) is 0 Å². The number of nitrogens with zero attached hydrogens (tertiary/aromatic N) is 2. The van der Waals surface area contributed by atoms with Gasteiger partial charge in [0.25, 0.3) is 5.91 Å². The average molecular weight is 386 g/mol. The van der Waals surface area contributed by atoms with E-state index in [1.54, 1.807) is 24.3 Å². The third-order valence-corrected chi connectivity index (χ3v) is 4.54. The van der Waals surface area contributed by atoms with Gasteiger partial charge in [-0.1, -0.05) is 30.7 Å². The summed E-state index contributed by atoms with van der Waals surface area (Å²) in [6.07, 6.45) is 2.22. The summed E-state index contributed by atoms with van der Waals surface area (Å²) in [6, 6.07) is 14.3. The maximum Gasteiger partial charge on any atom is 0.251 e. The van der Waals surface area contributed by atoms with Crippen LogP contribution in [0.2, 0.25) is 5.02 Å². The van der Waals surface area contributed by atoms with E-state index in [-0.39, 0.29) is 5.11 Å². The summed E-state index contributed by atoms with van der Waals surface area (Å²) < 4.78 is 0. The normalized spacial score (nSPS) is 17.7. The molecule has 132 valence electrons. The van der Waals surface area contributed by atoms with Crippen molar-refractivity contribution in [2.45, 2.75) is 13.3 Å². The van der Waals surface area contributed by atoms with E-state index >= 15 is 0 Å². The van der Waals surface area contributed by atoms with Gasteiger partial charge >= 0.3 is 0 Å². The first-order valence-corrected chi connectivity index (χ1v) is 8.85. The highest BCUT2D eigenvalue weighted by Crippen LogP contribution is 2.22. The fourth-order valence-corrected chi connectivity index (χ4v) is 2.96. The Balaban J connectivity index is 1.86. The largest absolute Gasteiger partial charge is 0.301 e. The van der Waals surface area contributed by atoms with Crippen LogP contribution in [-0.4, -0.2) is 23.1 Å². The van der Waals surface area contributed by atoms with E-state index in [0.29, 0.717) is 16.4 Å². The van der Waals surface area contributed by atoms with Crippen molar-refractivity contribution in [3.05, 3.63) is 59.1 Å². The number of amides is 2. The van der Waals surface area contributed by atoms with Crippen LogP contribution < -0.4 is 10.2 Å². The van der Waals surface area contributed by atoms with Crippen LogP contribution in [0.3, 0.4) is 0 Å². The number of rotatable bonds is 4. The molecule has 1 fully saturated rings. The number of nitrogens with one attached hydrogen (secondary N) is 1. The van der Waals surface area contributed by atoms with Gasteiger partial charge in [-0.05, 0) is 60.6 Å². The Kier molecular flexibility index (Phi) is 5.44. The number of anilines is 1. The summed E-state index contributed by atoms with van der Waals surface area (Å²) in [5, 5.41) is 3.22. The predicted molar refractivity (Wildman–Crippen MR) is 107 cm³/mol. The molecule has 1 heterocycles. The Bertz CT molecular complexity index is 879. The van der Waals surface area contributed by atoms with Crippen molar-refractivity contribution in [2.75, 3.05) is 4.90 Å². The van der Waals surface area contributed by atoms with Crippen LogP contribution in [0.25, 0.3) is 0 Å². The molecule has 26 heavy (non-hydrogen) atoms. The van der Waals surface area contributed by atoms with Crippen molar-refractivity contribution in [1.82, 2.24) is 5.32 Å². The molecule has 0 spiro atoms. The van der Waals surface area contributed by atoms with Gasteiger partial charge in [0, 0.05) is 11.2 Å². The number of aliphatic imine (C=N–C) groups is 1. The Morgan fingerprint density at radius 1 is 1.15 bits per heavy atom. The number of aryl methyl sites for hydroxylation is 1. The molecule has 0 aliphatic carbocycles. The van der Waals surface area contributed by atoms with Crippen molar-refractivity contribution in [3.63, 3.8) is 0 Å². The van der Waals surface area contributed by atoms with Crippen molar-refractivity contribution >= 4 is 58.3 Å². The molecule has 2 amide bonds. The van der Waals surface area contributed by atoms with Crippen LogP contribution in [0.15, 0.2) is 53.5 Å². The monoisotopic (exact) mass is 385 g/mol. The van der Waals surface area contributed by atoms with Gasteiger partial charge in [-0.3, -0.25) is 19.5 Å². The minimum atomic E-state index is -1.05. The van der Waals surface area contributed by atoms with Gasteiger partial charge in [0.05, 0.1) is 11.4 Å². The summed E-state index contributed by atoms with van der Waals surface area (Å²) >= 11 is 11.0. The number of carbonyl (C=O) groups excluding carboxylic acids is 2. The van der Waals surface area contributed by atoms with Crippen molar-refractivity contribution < 1.29 is 9.59 Å². The predicted octanol–water partition coefficient (Wildman–Crippen LogP) is 3.67. The van der Waals surface area contributed by atoms with E-state index in [9.17, 15) is 9.59 Å². The lowest BCUT2D eigenvalue weighted by molar-refractivity contribution is -0.130. The maximum atomic E-state index is 12.8.